The van der Waals surface area contributed by atoms with E-state index in [1.165, 1.54) is 30.7 Å². The van der Waals surface area contributed by atoms with Crippen LogP contribution in [0.1, 0.15) is 43.4 Å². The molecule has 9 nitrogen and oxygen atoms in total. The number of carbonyl (C=O) groups is 3. The van der Waals surface area contributed by atoms with E-state index in [4.69, 9.17) is 9.47 Å². The van der Waals surface area contributed by atoms with E-state index >= 15 is 0 Å². The molecular weight excluding hydrogens is 534 g/mol. The van der Waals surface area contributed by atoms with Crippen molar-refractivity contribution in [3.63, 3.8) is 0 Å². The van der Waals surface area contributed by atoms with E-state index in [0.29, 0.717) is 19.4 Å². The quantitative estimate of drug-likeness (QED) is 0.317. The second-order valence-electron chi connectivity index (χ2n) is 11.0. The predicted octanol–water partition coefficient (Wildman–Crippen LogP) is 3.35. The number of urea groups is 1. The van der Waals surface area contributed by atoms with Gasteiger partial charge in [-0.05, 0) is 67.6 Å². The number of carbonyl (C=O) groups excluding carboxylic acids is 3. The number of benzene rings is 2. The Morgan fingerprint density at radius 3 is 2.44 bits per heavy atom. The zero-order valence-electron chi connectivity index (χ0n) is 23.7. The van der Waals surface area contributed by atoms with Crippen LogP contribution in [0.2, 0.25) is 0 Å². The maximum atomic E-state index is 14.2. The Balaban J connectivity index is 1.52. The molecule has 2 aliphatic heterocycles. The van der Waals surface area contributed by atoms with E-state index in [1.807, 2.05) is 6.07 Å². The summed E-state index contributed by atoms with van der Waals surface area (Å²) < 4.78 is 38.4. The third kappa shape index (κ3) is 6.36. The molecule has 2 fully saturated rings. The number of amides is 3. The highest BCUT2D eigenvalue weighted by Crippen LogP contribution is 2.38. The van der Waals surface area contributed by atoms with Gasteiger partial charge in [0.05, 0.1) is 19.8 Å². The van der Waals surface area contributed by atoms with Gasteiger partial charge in [0, 0.05) is 13.7 Å². The topological polar surface area (TPSA) is 100 Å². The summed E-state index contributed by atoms with van der Waals surface area (Å²) in [6.45, 7) is 4.77. The zero-order chi connectivity index (χ0) is 29.6. The summed E-state index contributed by atoms with van der Waals surface area (Å²) in [6.07, 6.45) is 3.15. The van der Waals surface area contributed by atoms with Gasteiger partial charge >= 0.3 is 12.0 Å². The average molecular weight is 573 g/mol. The first-order valence-corrected chi connectivity index (χ1v) is 13.8. The third-order valence-corrected chi connectivity index (χ3v) is 8.53. The van der Waals surface area contributed by atoms with Crippen LogP contribution in [0, 0.1) is 17.6 Å². The third-order valence-electron chi connectivity index (χ3n) is 8.53. The summed E-state index contributed by atoms with van der Waals surface area (Å²) in [5, 5.41) is 5.35. The van der Waals surface area contributed by atoms with Gasteiger partial charge in [-0.2, -0.15) is 0 Å². The van der Waals surface area contributed by atoms with Crippen molar-refractivity contribution in [2.45, 2.75) is 43.3 Å². The molecule has 2 heterocycles. The largest absolute Gasteiger partial charge is 0.469 e. The molecule has 0 saturated carbocycles. The SMILES string of the molecule is COCC1(N(C=O)CCCN2CCC(C)(c3ccccc3)CC2)NC(=O)NC(c2ccc(F)c(F)c2)C1C(=O)OC. The van der Waals surface area contributed by atoms with Gasteiger partial charge in [-0.3, -0.25) is 9.59 Å². The molecule has 2 aliphatic rings. The highest BCUT2D eigenvalue weighted by atomic mass is 19.2. The van der Waals surface area contributed by atoms with Gasteiger partial charge < -0.3 is 29.9 Å². The molecule has 2 saturated heterocycles. The maximum Gasteiger partial charge on any atom is 0.317 e. The lowest BCUT2D eigenvalue weighted by Gasteiger charge is -2.51. The molecule has 0 aliphatic carbocycles. The fourth-order valence-electron chi connectivity index (χ4n) is 6.14. The molecular formula is C30H38F2N4O5. The lowest BCUT2D eigenvalue weighted by molar-refractivity contribution is -0.162. The van der Waals surface area contributed by atoms with Gasteiger partial charge in [0.2, 0.25) is 6.41 Å². The van der Waals surface area contributed by atoms with Crippen molar-refractivity contribution in [1.82, 2.24) is 20.4 Å². The average Bonchev–Trinajstić information content (AvgIpc) is 2.97. The van der Waals surface area contributed by atoms with Crippen molar-refractivity contribution in [1.29, 1.82) is 0 Å². The number of likely N-dealkylation sites (tertiary alicyclic amines) is 1. The molecule has 3 unspecified atom stereocenters. The van der Waals surface area contributed by atoms with E-state index in [9.17, 15) is 23.2 Å². The van der Waals surface area contributed by atoms with E-state index in [0.717, 1.165) is 38.1 Å². The second-order valence-corrected chi connectivity index (χ2v) is 11.0. The molecule has 0 aromatic heterocycles. The number of hydrogen-bond acceptors (Lipinski definition) is 6. The summed E-state index contributed by atoms with van der Waals surface area (Å²) in [5.41, 5.74) is -0.0543. The highest BCUT2D eigenvalue weighted by Gasteiger charge is 2.57. The number of halogens is 2. The molecule has 3 atom stereocenters. The van der Waals surface area contributed by atoms with Crippen LogP contribution < -0.4 is 10.6 Å². The molecule has 3 amide bonds. The Kier molecular flexibility index (Phi) is 9.60. The normalized spacial score (nSPS) is 24.2. The summed E-state index contributed by atoms with van der Waals surface area (Å²) in [5.74, 6) is -4.19. The van der Waals surface area contributed by atoms with Crippen molar-refractivity contribution >= 4 is 18.4 Å². The van der Waals surface area contributed by atoms with Crippen LogP contribution in [-0.2, 0) is 24.5 Å². The summed E-state index contributed by atoms with van der Waals surface area (Å²) in [6, 6.07) is 11.8. The number of methoxy groups -OCH3 is 2. The summed E-state index contributed by atoms with van der Waals surface area (Å²) in [7, 11) is 2.57. The maximum absolute atomic E-state index is 14.2. The molecule has 0 spiro atoms. The van der Waals surface area contributed by atoms with Crippen molar-refractivity contribution in [3.8, 4) is 0 Å². The van der Waals surface area contributed by atoms with Crippen LogP contribution in [0.25, 0.3) is 0 Å². The second kappa shape index (κ2) is 12.9. The van der Waals surface area contributed by atoms with Crippen molar-refractivity contribution in [2.75, 3.05) is 47.0 Å². The van der Waals surface area contributed by atoms with Crippen LogP contribution >= 0.6 is 0 Å². The van der Waals surface area contributed by atoms with Crippen LogP contribution in [0.3, 0.4) is 0 Å². The Morgan fingerprint density at radius 1 is 1.12 bits per heavy atom. The van der Waals surface area contributed by atoms with Crippen LogP contribution in [0.15, 0.2) is 48.5 Å². The number of esters is 1. The minimum absolute atomic E-state index is 0.108. The van der Waals surface area contributed by atoms with Gasteiger partial charge in [-0.1, -0.05) is 43.3 Å². The smallest absolute Gasteiger partial charge is 0.317 e. The molecule has 2 aromatic rings. The van der Waals surface area contributed by atoms with Crippen molar-refractivity contribution in [2.24, 2.45) is 5.92 Å². The molecule has 41 heavy (non-hydrogen) atoms. The predicted molar refractivity (Wildman–Crippen MR) is 148 cm³/mol. The molecule has 2 aromatic carbocycles. The minimum atomic E-state index is -1.64. The van der Waals surface area contributed by atoms with Crippen LogP contribution in [-0.4, -0.2) is 80.9 Å². The van der Waals surface area contributed by atoms with Crippen LogP contribution in [0.5, 0.6) is 0 Å². The van der Waals surface area contributed by atoms with Gasteiger partial charge in [-0.25, -0.2) is 13.6 Å². The summed E-state index contributed by atoms with van der Waals surface area (Å²) in [4.78, 5) is 42.4. The number of rotatable bonds is 11. The van der Waals surface area contributed by atoms with E-state index in [-0.39, 0.29) is 24.1 Å². The van der Waals surface area contributed by atoms with Gasteiger partial charge in [0.25, 0.3) is 0 Å². The Hall–Kier alpha value is -3.57. The Labute approximate surface area is 239 Å². The van der Waals surface area contributed by atoms with Crippen LogP contribution in [0.4, 0.5) is 13.6 Å². The molecule has 4 rings (SSSR count). The number of piperidine rings is 1. The number of nitrogens with zero attached hydrogens (tertiary/aromatic N) is 2. The molecule has 11 heteroatoms. The first-order valence-electron chi connectivity index (χ1n) is 13.8. The Morgan fingerprint density at radius 2 is 1.83 bits per heavy atom. The number of ether oxygens (including phenoxy) is 2. The molecule has 0 radical (unpaired) electrons. The lowest BCUT2D eigenvalue weighted by atomic mass is 9.74. The number of nitrogens with one attached hydrogen (secondary N) is 2. The van der Waals surface area contributed by atoms with Gasteiger partial charge in [-0.15, -0.1) is 0 Å². The van der Waals surface area contributed by atoms with Gasteiger partial charge in [0.1, 0.15) is 5.92 Å². The van der Waals surface area contributed by atoms with Crippen molar-refractivity contribution in [3.05, 3.63) is 71.3 Å². The van der Waals surface area contributed by atoms with E-state index in [2.05, 4.69) is 46.7 Å². The lowest BCUT2D eigenvalue weighted by Crippen LogP contribution is -2.75. The monoisotopic (exact) mass is 572 g/mol. The fraction of sp³-hybridized carbons (Fsp3) is 0.500. The molecule has 2 N–H and O–H groups in total. The minimum Gasteiger partial charge on any atom is -0.469 e. The molecule has 0 bridgehead atoms. The fourth-order valence-corrected chi connectivity index (χ4v) is 6.14. The summed E-state index contributed by atoms with van der Waals surface area (Å²) >= 11 is 0. The number of hydrogen-bond donors (Lipinski definition) is 2. The highest BCUT2D eigenvalue weighted by molar-refractivity contribution is 5.84. The standard InChI is InChI=1S/C30H38F2N4O5/c1-29(22-8-5-4-6-9-22)12-16-35(17-13-29)14-7-15-36(20-37)30(19-40-2)25(27(38)41-3)26(33-28(39)34-30)21-10-11-23(31)24(32)18-21/h4-6,8-11,18,20,25-26H,7,12-17,19H2,1-3H3,(H2,33,34,39). The van der Waals surface area contributed by atoms with Gasteiger partial charge in [0.15, 0.2) is 17.3 Å². The zero-order valence-corrected chi connectivity index (χ0v) is 23.7. The van der Waals surface area contributed by atoms with E-state index < -0.39 is 41.3 Å². The Bertz CT molecular complexity index is 1220. The van der Waals surface area contributed by atoms with Crippen molar-refractivity contribution < 1.29 is 32.6 Å². The first kappa shape index (κ1) is 30.4. The first-order chi connectivity index (χ1) is 19.7. The molecule has 222 valence electrons. The van der Waals surface area contributed by atoms with E-state index in [1.54, 1.807) is 0 Å².